The highest BCUT2D eigenvalue weighted by molar-refractivity contribution is 5.91. The van der Waals surface area contributed by atoms with Crippen LogP contribution in [0.2, 0.25) is 0 Å². The van der Waals surface area contributed by atoms with Crippen LogP contribution < -0.4 is 4.90 Å². The number of anilines is 1. The molecule has 0 atom stereocenters. The molecule has 1 aromatic carbocycles. The highest BCUT2D eigenvalue weighted by Crippen LogP contribution is 2.13. The van der Waals surface area contributed by atoms with E-state index in [4.69, 9.17) is 9.84 Å². The lowest BCUT2D eigenvalue weighted by atomic mass is 10.2. The molecule has 6 heteroatoms. The van der Waals surface area contributed by atoms with E-state index in [-0.39, 0.29) is 18.0 Å². The van der Waals surface area contributed by atoms with Gasteiger partial charge in [0.25, 0.3) is 0 Å². The molecule has 6 nitrogen and oxygen atoms in total. The van der Waals surface area contributed by atoms with Crippen LogP contribution in [0.15, 0.2) is 48.7 Å². The molecule has 108 valence electrons. The number of ether oxygens (including phenoxy) is 1. The summed E-state index contributed by atoms with van der Waals surface area (Å²) in [4.78, 5) is 27.9. The first-order valence-electron chi connectivity index (χ1n) is 6.21. The lowest BCUT2D eigenvalue weighted by molar-refractivity contribution is 0.0696. The molecule has 0 unspecified atom stereocenters. The van der Waals surface area contributed by atoms with Gasteiger partial charge in [-0.3, -0.25) is 4.90 Å². The lowest BCUT2D eigenvalue weighted by Crippen LogP contribution is -2.28. The Balaban J connectivity index is 2.02. The van der Waals surface area contributed by atoms with E-state index in [1.54, 1.807) is 0 Å². The average Bonchev–Trinajstić information content (AvgIpc) is 2.53. The van der Waals surface area contributed by atoms with Gasteiger partial charge in [-0.15, -0.1) is 0 Å². The number of rotatable bonds is 4. The highest BCUT2D eigenvalue weighted by Gasteiger charge is 2.15. The number of aromatic carboxylic acids is 1. The van der Waals surface area contributed by atoms with Crippen LogP contribution in [0, 0.1) is 0 Å². The number of hydrogen-bond donors (Lipinski definition) is 1. The Kier molecular flexibility index (Phi) is 4.50. The fourth-order valence-electron chi connectivity index (χ4n) is 1.64. The topological polar surface area (TPSA) is 79.7 Å². The van der Waals surface area contributed by atoms with Crippen LogP contribution in [0.4, 0.5) is 10.6 Å². The van der Waals surface area contributed by atoms with Crippen molar-refractivity contribution in [3.63, 3.8) is 0 Å². The van der Waals surface area contributed by atoms with Crippen LogP contribution in [-0.2, 0) is 11.3 Å². The molecule has 0 aliphatic heterocycles. The quantitative estimate of drug-likeness (QED) is 0.934. The fraction of sp³-hybridized carbons (Fsp3) is 0.133. The third kappa shape index (κ3) is 3.79. The molecule has 1 N–H and O–H groups in total. The van der Waals surface area contributed by atoms with Gasteiger partial charge in [-0.05, 0) is 17.7 Å². The molecule has 2 rings (SSSR count). The molecule has 21 heavy (non-hydrogen) atoms. The summed E-state index contributed by atoms with van der Waals surface area (Å²) in [6, 6.07) is 11.9. The zero-order chi connectivity index (χ0) is 15.2. The van der Waals surface area contributed by atoms with Gasteiger partial charge in [0.15, 0.2) is 0 Å². The van der Waals surface area contributed by atoms with Gasteiger partial charge in [-0.1, -0.05) is 30.3 Å². The SMILES string of the molecule is CN(C(=O)OCc1ccccc1)c1cc(C(=O)O)ccn1. The highest BCUT2D eigenvalue weighted by atomic mass is 16.6. The number of amides is 1. The number of carboxylic acids is 1. The summed E-state index contributed by atoms with van der Waals surface area (Å²) in [5, 5.41) is 8.92. The Morgan fingerprint density at radius 1 is 1.24 bits per heavy atom. The smallest absolute Gasteiger partial charge is 0.415 e. The maximum atomic E-state index is 11.9. The number of pyridine rings is 1. The minimum atomic E-state index is -1.08. The largest absolute Gasteiger partial charge is 0.478 e. The van der Waals surface area contributed by atoms with Crippen LogP contribution in [0.1, 0.15) is 15.9 Å². The van der Waals surface area contributed by atoms with Crippen molar-refractivity contribution in [2.24, 2.45) is 0 Å². The Bertz CT molecular complexity index is 643. The number of aromatic nitrogens is 1. The minimum absolute atomic E-state index is 0.0581. The Hall–Kier alpha value is -2.89. The molecule has 0 spiro atoms. The molecule has 0 radical (unpaired) electrons. The van der Waals surface area contributed by atoms with Gasteiger partial charge in [0, 0.05) is 13.2 Å². The number of hydrogen-bond acceptors (Lipinski definition) is 4. The Morgan fingerprint density at radius 2 is 1.95 bits per heavy atom. The predicted molar refractivity (Wildman–Crippen MR) is 76.2 cm³/mol. The van der Waals surface area contributed by atoms with E-state index >= 15 is 0 Å². The van der Waals surface area contributed by atoms with E-state index in [1.807, 2.05) is 30.3 Å². The molecule has 0 saturated carbocycles. The second kappa shape index (κ2) is 6.51. The van der Waals surface area contributed by atoms with Crippen molar-refractivity contribution >= 4 is 17.9 Å². The van der Waals surface area contributed by atoms with Gasteiger partial charge >= 0.3 is 12.1 Å². The standard InChI is InChI=1S/C15H14N2O4/c1-17(13-9-12(14(18)19)7-8-16-13)15(20)21-10-11-5-3-2-4-6-11/h2-9H,10H2,1H3,(H,18,19). The fourth-order valence-corrected chi connectivity index (χ4v) is 1.64. The minimum Gasteiger partial charge on any atom is -0.478 e. The molecule has 0 aliphatic rings. The second-order valence-corrected chi connectivity index (χ2v) is 4.31. The first kappa shape index (κ1) is 14.5. The predicted octanol–water partition coefficient (Wildman–Crippen LogP) is 2.55. The van der Waals surface area contributed by atoms with Crippen molar-refractivity contribution in [3.05, 3.63) is 59.8 Å². The zero-order valence-electron chi connectivity index (χ0n) is 11.4. The van der Waals surface area contributed by atoms with Crippen molar-refractivity contribution < 1.29 is 19.4 Å². The number of carbonyl (C=O) groups excluding carboxylic acids is 1. The van der Waals surface area contributed by atoms with E-state index in [0.717, 1.165) is 10.5 Å². The van der Waals surface area contributed by atoms with Crippen LogP contribution in [-0.4, -0.2) is 29.2 Å². The molecule has 2 aromatic rings. The summed E-state index contributed by atoms with van der Waals surface area (Å²) in [7, 11) is 1.47. The molecular weight excluding hydrogens is 272 g/mol. The van der Waals surface area contributed by atoms with Gasteiger partial charge in [0.1, 0.15) is 12.4 Å². The van der Waals surface area contributed by atoms with E-state index in [2.05, 4.69) is 4.98 Å². The number of carbonyl (C=O) groups is 2. The number of nitrogens with zero attached hydrogens (tertiary/aromatic N) is 2. The summed E-state index contributed by atoms with van der Waals surface area (Å²) in [5.41, 5.74) is 0.925. The van der Waals surface area contributed by atoms with E-state index in [0.29, 0.717) is 0 Å². The third-order valence-corrected chi connectivity index (χ3v) is 2.82. The lowest BCUT2D eigenvalue weighted by Gasteiger charge is -2.16. The molecule has 1 amide bonds. The van der Waals surface area contributed by atoms with Gasteiger partial charge in [-0.25, -0.2) is 14.6 Å². The molecule has 0 bridgehead atoms. The normalized spacial score (nSPS) is 9.95. The maximum absolute atomic E-state index is 11.9. The van der Waals surface area contributed by atoms with E-state index in [9.17, 15) is 9.59 Å². The van der Waals surface area contributed by atoms with Crippen LogP contribution >= 0.6 is 0 Å². The van der Waals surface area contributed by atoms with Crippen LogP contribution in [0.5, 0.6) is 0 Å². The van der Waals surface area contributed by atoms with Crippen LogP contribution in [0.25, 0.3) is 0 Å². The third-order valence-electron chi connectivity index (χ3n) is 2.82. The van der Waals surface area contributed by atoms with Gasteiger partial charge in [-0.2, -0.15) is 0 Å². The van der Waals surface area contributed by atoms with Crippen molar-refractivity contribution in [2.45, 2.75) is 6.61 Å². The number of carboxylic acid groups (broad SMARTS) is 1. The van der Waals surface area contributed by atoms with Gasteiger partial charge < -0.3 is 9.84 Å². The average molecular weight is 286 g/mol. The summed E-state index contributed by atoms with van der Waals surface area (Å²) in [6.45, 7) is 0.142. The van der Waals surface area contributed by atoms with Crippen molar-refractivity contribution in [2.75, 3.05) is 11.9 Å². The van der Waals surface area contributed by atoms with E-state index < -0.39 is 12.1 Å². The van der Waals surface area contributed by atoms with Crippen LogP contribution in [0.3, 0.4) is 0 Å². The summed E-state index contributed by atoms with van der Waals surface area (Å²) in [5.74, 6) is -0.863. The van der Waals surface area contributed by atoms with Crippen molar-refractivity contribution in [1.82, 2.24) is 4.98 Å². The Morgan fingerprint density at radius 3 is 2.62 bits per heavy atom. The zero-order valence-corrected chi connectivity index (χ0v) is 11.4. The summed E-state index contributed by atoms with van der Waals surface area (Å²) >= 11 is 0. The van der Waals surface area contributed by atoms with Gasteiger partial charge in [0.05, 0.1) is 5.56 Å². The van der Waals surface area contributed by atoms with E-state index in [1.165, 1.54) is 25.4 Å². The van der Waals surface area contributed by atoms with Gasteiger partial charge in [0.2, 0.25) is 0 Å². The molecule has 0 saturated heterocycles. The number of benzene rings is 1. The summed E-state index contributed by atoms with van der Waals surface area (Å²) in [6.07, 6.45) is 0.730. The molecule has 0 fully saturated rings. The maximum Gasteiger partial charge on any atom is 0.415 e. The molecule has 1 heterocycles. The first-order valence-corrected chi connectivity index (χ1v) is 6.21. The summed E-state index contributed by atoms with van der Waals surface area (Å²) < 4.78 is 5.14. The molecule has 0 aliphatic carbocycles. The second-order valence-electron chi connectivity index (χ2n) is 4.31. The van der Waals surface area contributed by atoms with Crippen molar-refractivity contribution in [1.29, 1.82) is 0 Å². The molecular formula is C15H14N2O4. The molecule has 1 aromatic heterocycles. The Labute approximate surface area is 121 Å². The monoisotopic (exact) mass is 286 g/mol. The van der Waals surface area contributed by atoms with Crippen molar-refractivity contribution in [3.8, 4) is 0 Å². The first-order chi connectivity index (χ1) is 10.1.